The number of nitrogens with one attached hydrogen (secondary N) is 1. The normalized spacial score (nSPS) is 16.9. The van der Waals surface area contributed by atoms with Gasteiger partial charge >= 0.3 is 0 Å². The number of aliphatic imine (C=N–C) groups is 1. The van der Waals surface area contributed by atoms with Crippen LogP contribution in [0, 0.1) is 11.6 Å². The van der Waals surface area contributed by atoms with Crippen molar-refractivity contribution >= 4 is 55.7 Å². The number of halogens is 2. The fraction of sp³-hybridized carbons (Fsp3) is 0.282. The summed E-state index contributed by atoms with van der Waals surface area (Å²) in [6.45, 7) is 4.61. The molecule has 0 spiro atoms. The van der Waals surface area contributed by atoms with E-state index in [9.17, 15) is 22.4 Å². The number of amidine groups is 1. The van der Waals surface area contributed by atoms with Crippen molar-refractivity contribution in [3.8, 4) is 22.6 Å². The van der Waals surface area contributed by atoms with Crippen molar-refractivity contribution in [3.05, 3.63) is 95.2 Å². The topological polar surface area (TPSA) is 132 Å². The molecule has 0 radical (unpaired) electrons. The van der Waals surface area contributed by atoms with Crippen LogP contribution in [0.2, 0.25) is 0 Å². The summed E-state index contributed by atoms with van der Waals surface area (Å²) >= 11 is 0. The second-order valence-electron chi connectivity index (χ2n) is 13.7. The minimum atomic E-state index is -3.79. The number of fused-ring (bicyclic) bond motifs is 6. The van der Waals surface area contributed by atoms with E-state index in [-0.39, 0.29) is 34.3 Å². The van der Waals surface area contributed by atoms with E-state index in [1.165, 1.54) is 44.4 Å². The van der Waals surface area contributed by atoms with Crippen LogP contribution in [0.1, 0.15) is 34.6 Å². The van der Waals surface area contributed by atoms with Gasteiger partial charge in [-0.2, -0.15) is 0 Å². The summed E-state index contributed by atoms with van der Waals surface area (Å²) < 4.78 is 62.6. The van der Waals surface area contributed by atoms with Gasteiger partial charge in [0.25, 0.3) is 5.91 Å². The van der Waals surface area contributed by atoms with Gasteiger partial charge in [0.15, 0.2) is 0 Å². The predicted molar refractivity (Wildman–Crippen MR) is 203 cm³/mol. The van der Waals surface area contributed by atoms with Gasteiger partial charge in [-0.3, -0.25) is 18.8 Å². The number of nitrogens with zero attached hydrogens (tertiary/aromatic N) is 6. The number of anilines is 2. The van der Waals surface area contributed by atoms with E-state index < -0.39 is 27.8 Å². The lowest BCUT2D eigenvalue weighted by molar-refractivity contribution is -0.130. The first-order valence-electron chi connectivity index (χ1n) is 17.5. The molecule has 3 aliphatic heterocycles. The molecule has 5 heterocycles. The fourth-order valence-electron chi connectivity index (χ4n) is 7.58. The van der Waals surface area contributed by atoms with Gasteiger partial charge in [0.2, 0.25) is 15.9 Å². The van der Waals surface area contributed by atoms with Gasteiger partial charge in [-0.25, -0.2) is 27.2 Å². The highest BCUT2D eigenvalue weighted by atomic mass is 32.2. The van der Waals surface area contributed by atoms with Crippen LogP contribution in [0.25, 0.3) is 33.6 Å². The van der Waals surface area contributed by atoms with Crippen molar-refractivity contribution in [3.63, 3.8) is 0 Å². The number of furan rings is 1. The summed E-state index contributed by atoms with van der Waals surface area (Å²) in [5.41, 5.74) is 4.42. The lowest BCUT2D eigenvalue weighted by atomic mass is 9.99. The van der Waals surface area contributed by atoms with E-state index >= 15 is 4.39 Å². The third kappa shape index (κ3) is 6.06. The molecule has 54 heavy (non-hydrogen) atoms. The molecule has 1 saturated heterocycles. The first kappa shape index (κ1) is 35.4. The molecule has 1 fully saturated rings. The summed E-state index contributed by atoms with van der Waals surface area (Å²) in [4.78, 5) is 41.6. The average Bonchev–Trinajstić information content (AvgIpc) is 3.74. The zero-order valence-electron chi connectivity index (χ0n) is 30.1. The molecule has 2 amide bonds. The molecule has 15 heteroatoms. The highest BCUT2D eigenvalue weighted by molar-refractivity contribution is 7.92. The average molecular weight is 754 g/mol. The van der Waals surface area contributed by atoms with E-state index in [0.29, 0.717) is 84.0 Å². The van der Waals surface area contributed by atoms with Gasteiger partial charge in [-0.05, 0) is 54.6 Å². The summed E-state index contributed by atoms with van der Waals surface area (Å²) in [6, 6.07) is 17.0. The van der Waals surface area contributed by atoms with Gasteiger partial charge in [0.1, 0.15) is 28.8 Å². The Morgan fingerprint density at radius 1 is 1.02 bits per heavy atom. The molecule has 1 unspecified atom stereocenters. The molecule has 0 aliphatic carbocycles. The summed E-state index contributed by atoms with van der Waals surface area (Å²) in [5.74, 6) is -0.254. The molecule has 0 saturated carbocycles. The van der Waals surface area contributed by atoms with Crippen LogP contribution < -0.4 is 14.5 Å². The molecular weight excluding hydrogens is 717 g/mol. The molecular formula is C39H37F2N7O5S. The Kier molecular flexibility index (Phi) is 8.72. The minimum absolute atomic E-state index is 0.0421. The molecule has 1 atom stereocenters. The van der Waals surface area contributed by atoms with Crippen LogP contribution in [0.5, 0.6) is 0 Å². The summed E-state index contributed by atoms with van der Waals surface area (Å²) in [5, 5.41) is 3.05. The molecule has 0 bridgehead atoms. The number of sulfonamides is 1. The number of carbonyl (C=O) groups excluding carboxylic acids is 2. The number of pyridine rings is 1. The standard InChI is InChI=1S/C39H37F2N7O5S/c1-22(49)47-16-14-46(15-17-47)21-35-43-30-13-12-29(44-37(30)33-19-25-28(41)6-5-7-31(25)48(33)35)26-18-27-34(20-32(26)45(3)54(4,51)52)53-38(36(27)39(50)42-2)23-8-10-24(40)11-9-23/h5-13,18,20,33H,14-17,19,21H2,1-4H3,(H,42,50). The van der Waals surface area contributed by atoms with E-state index in [1.807, 2.05) is 21.9 Å². The van der Waals surface area contributed by atoms with Gasteiger partial charge in [0, 0.05) is 87.4 Å². The van der Waals surface area contributed by atoms with Gasteiger partial charge < -0.3 is 19.5 Å². The van der Waals surface area contributed by atoms with Crippen LogP contribution in [-0.2, 0) is 21.2 Å². The molecule has 1 N–H and O–H groups in total. The maximum Gasteiger partial charge on any atom is 0.255 e. The second kappa shape index (κ2) is 13.3. The van der Waals surface area contributed by atoms with Crippen LogP contribution >= 0.6 is 0 Å². The number of hydrogen-bond acceptors (Lipinski definition) is 9. The number of aromatic nitrogens is 1. The third-order valence-electron chi connectivity index (χ3n) is 10.5. The maximum absolute atomic E-state index is 15.4. The lowest BCUT2D eigenvalue weighted by Crippen LogP contribution is -2.51. The number of amides is 2. The van der Waals surface area contributed by atoms with Gasteiger partial charge in [-0.15, -0.1) is 0 Å². The monoisotopic (exact) mass is 753 g/mol. The Bertz CT molecular complexity index is 2500. The second-order valence-corrected chi connectivity index (χ2v) is 15.7. The highest BCUT2D eigenvalue weighted by Gasteiger charge is 2.41. The van der Waals surface area contributed by atoms with Crippen molar-refractivity contribution < 1.29 is 31.2 Å². The fourth-order valence-corrected chi connectivity index (χ4v) is 8.09. The lowest BCUT2D eigenvalue weighted by Gasteiger charge is -2.38. The van der Waals surface area contributed by atoms with E-state index in [4.69, 9.17) is 14.4 Å². The Morgan fingerprint density at radius 3 is 2.44 bits per heavy atom. The van der Waals surface area contributed by atoms with Crippen molar-refractivity contribution in [2.24, 2.45) is 4.99 Å². The Morgan fingerprint density at radius 2 is 1.76 bits per heavy atom. The van der Waals surface area contributed by atoms with Crippen LogP contribution in [0.3, 0.4) is 0 Å². The van der Waals surface area contributed by atoms with E-state index in [1.54, 1.807) is 31.2 Å². The number of benzene rings is 3. The largest absolute Gasteiger partial charge is 0.455 e. The number of carbonyl (C=O) groups is 2. The highest BCUT2D eigenvalue weighted by Crippen LogP contribution is 2.48. The van der Waals surface area contributed by atoms with Crippen LogP contribution in [0.15, 0.2) is 76.1 Å². The first-order chi connectivity index (χ1) is 25.8. The Labute approximate surface area is 310 Å². The molecule has 3 aliphatic rings. The molecule has 12 nitrogen and oxygen atoms in total. The Hall–Kier alpha value is -5.67. The molecule has 2 aromatic heterocycles. The SMILES string of the molecule is CNC(=O)c1c(-c2ccc(F)cc2)oc2cc(N(C)S(C)(=O)=O)c(-c3ccc4c(n3)C3Cc5c(F)cccc5N3C(CN3CCN(C(C)=O)CC3)=N4)cc12. The molecule has 5 aromatic rings. The van der Waals surface area contributed by atoms with Crippen molar-refractivity contribution in [1.29, 1.82) is 0 Å². The smallest absolute Gasteiger partial charge is 0.255 e. The minimum Gasteiger partial charge on any atom is -0.455 e. The number of hydrogen-bond donors (Lipinski definition) is 1. The molecule has 8 rings (SSSR count). The quantitative estimate of drug-likeness (QED) is 0.231. The Balaban J connectivity index is 1.28. The summed E-state index contributed by atoms with van der Waals surface area (Å²) in [7, 11) is -0.882. The van der Waals surface area contributed by atoms with Crippen molar-refractivity contribution in [1.82, 2.24) is 20.1 Å². The summed E-state index contributed by atoms with van der Waals surface area (Å²) in [6.07, 6.45) is 1.42. The van der Waals surface area contributed by atoms with Crippen LogP contribution in [-0.4, -0.2) is 93.9 Å². The van der Waals surface area contributed by atoms with Gasteiger partial charge in [-0.1, -0.05) is 6.07 Å². The zero-order chi connectivity index (χ0) is 38.1. The molecule has 3 aromatic carbocycles. The number of piperazine rings is 1. The van der Waals surface area contributed by atoms with E-state index in [2.05, 4.69) is 10.2 Å². The van der Waals surface area contributed by atoms with Crippen LogP contribution in [0.4, 0.5) is 25.8 Å². The first-order valence-corrected chi connectivity index (χ1v) is 19.3. The van der Waals surface area contributed by atoms with Crippen molar-refractivity contribution in [2.45, 2.75) is 19.4 Å². The zero-order valence-corrected chi connectivity index (χ0v) is 30.9. The van der Waals surface area contributed by atoms with Gasteiger partial charge in [0.05, 0.1) is 47.2 Å². The maximum atomic E-state index is 15.4. The third-order valence-corrected chi connectivity index (χ3v) is 11.7. The molecule has 278 valence electrons. The van der Waals surface area contributed by atoms with E-state index in [0.717, 1.165) is 16.4 Å². The number of rotatable bonds is 7. The predicted octanol–water partition coefficient (Wildman–Crippen LogP) is 5.51. The van der Waals surface area contributed by atoms with Crippen molar-refractivity contribution in [2.75, 3.05) is 62.3 Å².